The van der Waals surface area contributed by atoms with Gasteiger partial charge in [-0.05, 0) is 51.3 Å². The molecular formula is C22H31N3O4. The first-order valence-electron chi connectivity index (χ1n) is 10.4. The van der Waals surface area contributed by atoms with E-state index in [1.165, 1.54) is 6.42 Å². The number of nitrogens with zero attached hydrogens (tertiary/aromatic N) is 2. The number of rotatable bonds is 6. The number of carbonyl (C=O) groups excluding carboxylic acids is 3. The maximum absolute atomic E-state index is 13.1. The molecule has 1 aliphatic carbocycles. The lowest BCUT2D eigenvalue weighted by Gasteiger charge is -2.38. The van der Waals surface area contributed by atoms with Crippen LogP contribution >= 0.6 is 0 Å². The van der Waals surface area contributed by atoms with Crippen LogP contribution in [-0.2, 0) is 15.1 Å². The Morgan fingerprint density at radius 3 is 2.38 bits per heavy atom. The van der Waals surface area contributed by atoms with Gasteiger partial charge in [0.15, 0.2) is 0 Å². The lowest BCUT2D eigenvalue weighted by molar-refractivity contribution is -0.142. The van der Waals surface area contributed by atoms with E-state index in [9.17, 15) is 14.4 Å². The van der Waals surface area contributed by atoms with Gasteiger partial charge < -0.3 is 15.0 Å². The van der Waals surface area contributed by atoms with Crippen molar-refractivity contribution in [1.82, 2.24) is 15.1 Å². The second-order valence-corrected chi connectivity index (χ2v) is 8.36. The van der Waals surface area contributed by atoms with E-state index in [1.54, 1.807) is 38.3 Å². The molecule has 1 aliphatic heterocycles. The summed E-state index contributed by atoms with van der Waals surface area (Å²) in [5.41, 5.74) is -0.545. The van der Waals surface area contributed by atoms with E-state index in [4.69, 9.17) is 4.74 Å². The highest BCUT2D eigenvalue weighted by molar-refractivity contribution is 6.09. The van der Waals surface area contributed by atoms with Crippen molar-refractivity contribution in [3.05, 3.63) is 29.8 Å². The van der Waals surface area contributed by atoms with Crippen LogP contribution in [0.15, 0.2) is 24.3 Å². The van der Waals surface area contributed by atoms with Crippen molar-refractivity contribution in [3.63, 3.8) is 0 Å². The van der Waals surface area contributed by atoms with Crippen LogP contribution in [0.2, 0.25) is 0 Å². The molecule has 2 aliphatic rings. The van der Waals surface area contributed by atoms with E-state index in [1.807, 2.05) is 18.7 Å². The summed E-state index contributed by atoms with van der Waals surface area (Å²) in [6, 6.07) is 6.68. The van der Waals surface area contributed by atoms with Crippen LogP contribution in [0.3, 0.4) is 0 Å². The third-order valence-corrected chi connectivity index (χ3v) is 6.05. The Hall–Kier alpha value is -2.57. The molecule has 7 heteroatoms. The Morgan fingerprint density at radius 1 is 1.21 bits per heavy atom. The average Bonchev–Trinajstić information content (AvgIpc) is 2.92. The highest BCUT2D eigenvalue weighted by Crippen LogP contribution is 2.31. The number of benzene rings is 1. The Balaban J connectivity index is 1.77. The van der Waals surface area contributed by atoms with E-state index in [0.717, 1.165) is 30.6 Å². The summed E-state index contributed by atoms with van der Waals surface area (Å²) >= 11 is 0. The molecular weight excluding hydrogens is 370 g/mol. The molecule has 29 heavy (non-hydrogen) atoms. The molecule has 7 nitrogen and oxygen atoms in total. The minimum Gasteiger partial charge on any atom is -0.497 e. The molecule has 1 aromatic carbocycles. The number of hydrogen-bond donors (Lipinski definition) is 1. The average molecular weight is 402 g/mol. The Bertz CT molecular complexity index is 771. The molecule has 1 saturated carbocycles. The summed E-state index contributed by atoms with van der Waals surface area (Å²) in [7, 11) is 1.57. The van der Waals surface area contributed by atoms with Gasteiger partial charge in [-0.25, -0.2) is 4.79 Å². The molecule has 1 atom stereocenters. The molecule has 1 aromatic rings. The second-order valence-electron chi connectivity index (χ2n) is 8.36. The van der Waals surface area contributed by atoms with Crippen molar-refractivity contribution >= 4 is 17.8 Å². The molecule has 0 unspecified atom stereocenters. The quantitative estimate of drug-likeness (QED) is 0.743. The van der Waals surface area contributed by atoms with E-state index >= 15 is 0 Å². The fraction of sp³-hybridized carbons (Fsp3) is 0.591. The maximum Gasteiger partial charge on any atom is 0.325 e. The molecule has 0 spiro atoms. The summed E-state index contributed by atoms with van der Waals surface area (Å²) in [6.45, 7) is 5.41. The highest BCUT2D eigenvalue weighted by Gasteiger charge is 2.50. The van der Waals surface area contributed by atoms with Gasteiger partial charge in [0, 0.05) is 12.1 Å². The first-order chi connectivity index (χ1) is 13.8. The zero-order valence-electron chi connectivity index (χ0n) is 17.7. The summed E-state index contributed by atoms with van der Waals surface area (Å²) in [5, 5.41) is 2.76. The van der Waals surface area contributed by atoms with Gasteiger partial charge in [-0.3, -0.25) is 14.5 Å². The van der Waals surface area contributed by atoms with E-state index in [0.29, 0.717) is 11.3 Å². The molecule has 0 bridgehead atoms. The van der Waals surface area contributed by atoms with Crippen LogP contribution in [0.4, 0.5) is 4.79 Å². The Morgan fingerprint density at radius 2 is 1.83 bits per heavy atom. The number of urea groups is 1. The number of methoxy groups -OCH3 is 1. The molecule has 0 aromatic heterocycles. The number of ether oxygens (including phenoxy) is 1. The molecule has 1 heterocycles. The normalized spacial score (nSPS) is 22.7. The number of amides is 4. The van der Waals surface area contributed by atoms with Gasteiger partial charge in [-0.15, -0.1) is 0 Å². The summed E-state index contributed by atoms with van der Waals surface area (Å²) in [4.78, 5) is 41.7. The summed E-state index contributed by atoms with van der Waals surface area (Å²) in [5.74, 6) is 0.0870. The summed E-state index contributed by atoms with van der Waals surface area (Å²) in [6.07, 6.45) is 5.38. The first-order valence-corrected chi connectivity index (χ1v) is 10.4. The van der Waals surface area contributed by atoms with Gasteiger partial charge in [0.1, 0.15) is 17.8 Å². The first kappa shape index (κ1) is 21.1. The van der Waals surface area contributed by atoms with Gasteiger partial charge in [-0.1, -0.05) is 31.4 Å². The second kappa shape index (κ2) is 8.43. The maximum atomic E-state index is 13.1. The SMILES string of the molecule is COc1ccc([C@@]2(C)NC(=O)N(CC(=O)N(C(C)C)C3CCCCC3)C2=O)cc1. The van der Waals surface area contributed by atoms with E-state index in [2.05, 4.69) is 5.32 Å². The fourth-order valence-corrected chi connectivity index (χ4v) is 4.45. The predicted octanol–water partition coefficient (Wildman–Crippen LogP) is 3.03. The lowest BCUT2D eigenvalue weighted by atomic mass is 9.92. The van der Waals surface area contributed by atoms with Crippen LogP contribution < -0.4 is 10.1 Å². The zero-order chi connectivity index (χ0) is 21.2. The smallest absolute Gasteiger partial charge is 0.325 e. The number of carbonyl (C=O) groups is 3. The molecule has 0 radical (unpaired) electrons. The molecule has 1 N–H and O–H groups in total. The van der Waals surface area contributed by atoms with Crippen LogP contribution in [0, 0.1) is 0 Å². The van der Waals surface area contributed by atoms with Crippen molar-refractivity contribution in [2.45, 2.75) is 70.5 Å². The molecule has 1 saturated heterocycles. The van der Waals surface area contributed by atoms with Crippen LogP contribution in [0.25, 0.3) is 0 Å². The number of nitrogens with one attached hydrogen (secondary N) is 1. The van der Waals surface area contributed by atoms with Gasteiger partial charge in [0.2, 0.25) is 5.91 Å². The standard InChI is InChI=1S/C22H31N3O4/c1-15(2)25(17-8-6-5-7-9-17)19(26)14-24-20(27)22(3,23-21(24)28)16-10-12-18(29-4)13-11-16/h10-13,15,17H,5-9,14H2,1-4H3,(H,23,28)/t22-/m1/s1. The number of hydrogen-bond acceptors (Lipinski definition) is 4. The topological polar surface area (TPSA) is 79.0 Å². The van der Waals surface area contributed by atoms with Crippen molar-refractivity contribution < 1.29 is 19.1 Å². The predicted molar refractivity (Wildman–Crippen MR) is 109 cm³/mol. The van der Waals surface area contributed by atoms with Crippen molar-refractivity contribution in [2.75, 3.05) is 13.7 Å². The third kappa shape index (κ3) is 4.09. The van der Waals surface area contributed by atoms with Crippen LogP contribution in [0.5, 0.6) is 5.75 Å². The monoisotopic (exact) mass is 401 g/mol. The van der Waals surface area contributed by atoms with Gasteiger partial charge in [0.05, 0.1) is 7.11 Å². The van der Waals surface area contributed by atoms with Crippen molar-refractivity contribution in [2.24, 2.45) is 0 Å². The van der Waals surface area contributed by atoms with Crippen molar-refractivity contribution in [3.8, 4) is 5.75 Å². The fourth-order valence-electron chi connectivity index (χ4n) is 4.45. The van der Waals surface area contributed by atoms with Gasteiger partial charge in [0.25, 0.3) is 5.91 Å². The Labute approximate surface area is 172 Å². The number of imide groups is 1. The van der Waals surface area contributed by atoms with Gasteiger partial charge >= 0.3 is 6.03 Å². The lowest BCUT2D eigenvalue weighted by Crippen LogP contribution is -2.51. The zero-order valence-corrected chi connectivity index (χ0v) is 17.7. The Kier molecular flexibility index (Phi) is 6.15. The largest absolute Gasteiger partial charge is 0.497 e. The molecule has 4 amide bonds. The minimum atomic E-state index is -1.20. The summed E-state index contributed by atoms with van der Waals surface area (Å²) < 4.78 is 5.16. The molecule has 3 rings (SSSR count). The molecule has 158 valence electrons. The minimum absolute atomic E-state index is 0.0272. The highest BCUT2D eigenvalue weighted by atomic mass is 16.5. The van der Waals surface area contributed by atoms with Crippen LogP contribution in [0.1, 0.15) is 58.4 Å². The third-order valence-electron chi connectivity index (χ3n) is 6.05. The molecule has 2 fully saturated rings. The van der Waals surface area contributed by atoms with Crippen molar-refractivity contribution in [1.29, 1.82) is 0 Å². The van der Waals surface area contributed by atoms with E-state index < -0.39 is 17.5 Å². The van der Waals surface area contributed by atoms with Gasteiger partial charge in [-0.2, -0.15) is 0 Å². The van der Waals surface area contributed by atoms with Crippen LogP contribution in [-0.4, -0.2) is 53.4 Å². The van der Waals surface area contributed by atoms with E-state index in [-0.39, 0.29) is 24.5 Å².